The van der Waals surface area contributed by atoms with E-state index in [2.05, 4.69) is 37.8 Å². The zero-order valence-corrected chi connectivity index (χ0v) is 15.5. The molecule has 0 aromatic carbocycles. The van der Waals surface area contributed by atoms with Crippen molar-refractivity contribution in [1.82, 2.24) is 25.8 Å². The van der Waals surface area contributed by atoms with Crippen LogP contribution in [0.15, 0.2) is 4.99 Å². The van der Waals surface area contributed by atoms with Crippen LogP contribution in [-0.2, 0) is 4.79 Å². The molecular weight excluding hydrogens is 304 g/mol. The number of hydrogen-bond donors (Lipinski definition) is 3. The molecule has 0 spiro atoms. The molecule has 1 amide bonds. The number of amides is 1. The molecule has 0 aromatic heterocycles. The van der Waals surface area contributed by atoms with Gasteiger partial charge in [-0.3, -0.25) is 14.7 Å². The molecule has 1 atom stereocenters. The highest BCUT2D eigenvalue weighted by molar-refractivity contribution is 5.80. The summed E-state index contributed by atoms with van der Waals surface area (Å²) in [5.41, 5.74) is 0. The van der Waals surface area contributed by atoms with E-state index in [1.165, 1.54) is 25.9 Å². The highest BCUT2D eigenvalue weighted by atomic mass is 16.1. The number of piperidine rings is 2. The average Bonchev–Trinajstić information content (AvgIpc) is 2.60. The van der Waals surface area contributed by atoms with Crippen LogP contribution in [0.5, 0.6) is 0 Å². The van der Waals surface area contributed by atoms with Crippen molar-refractivity contribution >= 4 is 11.9 Å². The van der Waals surface area contributed by atoms with Crippen molar-refractivity contribution < 1.29 is 4.79 Å². The van der Waals surface area contributed by atoms with E-state index >= 15 is 0 Å². The Hall–Kier alpha value is -1.34. The van der Waals surface area contributed by atoms with E-state index in [9.17, 15) is 4.79 Å². The normalized spacial score (nSPS) is 24.6. The van der Waals surface area contributed by atoms with Gasteiger partial charge in [-0.05, 0) is 45.2 Å². The van der Waals surface area contributed by atoms with Gasteiger partial charge in [-0.1, -0.05) is 0 Å². The van der Waals surface area contributed by atoms with Crippen molar-refractivity contribution in [3.05, 3.63) is 0 Å². The molecule has 2 rings (SSSR count). The van der Waals surface area contributed by atoms with Gasteiger partial charge in [0.1, 0.15) is 0 Å². The number of guanidine groups is 1. The second kappa shape index (κ2) is 9.84. The predicted molar refractivity (Wildman–Crippen MR) is 98.2 cm³/mol. The molecular formula is C17H34N6O. The second-order valence-corrected chi connectivity index (χ2v) is 7.09. The van der Waals surface area contributed by atoms with Crippen LogP contribution in [0.4, 0.5) is 0 Å². The number of hydrogen-bond acceptors (Lipinski definition) is 4. The first-order valence-corrected chi connectivity index (χ1v) is 9.19. The van der Waals surface area contributed by atoms with E-state index in [0.717, 1.165) is 38.4 Å². The van der Waals surface area contributed by atoms with Gasteiger partial charge in [0, 0.05) is 46.3 Å². The van der Waals surface area contributed by atoms with E-state index in [4.69, 9.17) is 0 Å². The maximum absolute atomic E-state index is 11.4. The monoisotopic (exact) mass is 338 g/mol. The van der Waals surface area contributed by atoms with Gasteiger partial charge in [-0.15, -0.1) is 0 Å². The van der Waals surface area contributed by atoms with Crippen LogP contribution in [0, 0.1) is 5.92 Å². The number of aliphatic imine (C=N–C) groups is 1. The molecule has 7 nitrogen and oxygen atoms in total. The summed E-state index contributed by atoms with van der Waals surface area (Å²) >= 11 is 0. The van der Waals surface area contributed by atoms with Gasteiger partial charge in [-0.25, -0.2) is 0 Å². The highest BCUT2D eigenvalue weighted by Crippen LogP contribution is 2.14. The van der Waals surface area contributed by atoms with E-state index in [-0.39, 0.29) is 5.91 Å². The first-order chi connectivity index (χ1) is 11.6. The van der Waals surface area contributed by atoms with Crippen LogP contribution in [0.25, 0.3) is 0 Å². The quantitative estimate of drug-likeness (QED) is 0.474. The molecule has 24 heavy (non-hydrogen) atoms. The third-order valence-corrected chi connectivity index (χ3v) is 5.08. The zero-order valence-electron chi connectivity index (χ0n) is 15.5. The lowest BCUT2D eigenvalue weighted by atomic mass is 9.98. The SMILES string of the molecule is CN=C(NCC1CCCN(C)C1)NC1CCN(CC(=O)NC)CC1. The van der Waals surface area contributed by atoms with Crippen molar-refractivity contribution in [2.24, 2.45) is 10.9 Å². The van der Waals surface area contributed by atoms with Crippen LogP contribution < -0.4 is 16.0 Å². The molecule has 7 heteroatoms. The van der Waals surface area contributed by atoms with Gasteiger partial charge < -0.3 is 20.9 Å². The van der Waals surface area contributed by atoms with Gasteiger partial charge in [0.25, 0.3) is 0 Å². The molecule has 138 valence electrons. The smallest absolute Gasteiger partial charge is 0.233 e. The molecule has 2 fully saturated rings. The van der Waals surface area contributed by atoms with Gasteiger partial charge in [0.05, 0.1) is 6.54 Å². The van der Waals surface area contributed by atoms with Crippen molar-refractivity contribution in [1.29, 1.82) is 0 Å². The number of carbonyl (C=O) groups excluding carboxylic acids is 1. The van der Waals surface area contributed by atoms with E-state index in [1.807, 2.05) is 7.05 Å². The number of rotatable bonds is 5. The fraction of sp³-hybridized carbons (Fsp3) is 0.882. The van der Waals surface area contributed by atoms with Crippen LogP contribution in [-0.4, -0.2) is 88.1 Å². The summed E-state index contributed by atoms with van der Waals surface area (Å²) in [6, 6.07) is 0.436. The fourth-order valence-electron chi connectivity index (χ4n) is 3.59. The Morgan fingerprint density at radius 1 is 1.21 bits per heavy atom. The lowest BCUT2D eigenvalue weighted by Gasteiger charge is -2.33. The lowest BCUT2D eigenvalue weighted by molar-refractivity contribution is -0.122. The van der Waals surface area contributed by atoms with E-state index in [1.54, 1.807) is 7.05 Å². The Morgan fingerprint density at radius 2 is 1.96 bits per heavy atom. The molecule has 2 heterocycles. The minimum Gasteiger partial charge on any atom is -0.358 e. The molecule has 2 aliphatic rings. The molecule has 1 unspecified atom stereocenters. The Kier molecular flexibility index (Phi) is 7.78. The second-order valence-electron chi connectivity index (χ2n) is 7.09. The summed E-state index contributed by atoms with van der Waals surface area (Å²) in [6.45, 7) is 5.79. The number of nitrogens with zero attached hydrogens (tertiary/aromatic N) is 3. The predicted octanol–water partition coefficient (Wildman–Crippen LogP) is -0.296. The molecule has 0 aliphatic carbocycles. The summed E-state index contributed by atoms with van der Waals surface area (Å²) in [6.07, 6.45) is 4.68. The molecule has 0 bridgehead atoms. The molecule has 2 saturated heterocycles. The molecule has 3 N–H and O–H groups in total. The number of likely N-dealkylation sites (N-methyl/N-ethyl adjacent to an activating group) is 1. The van der Waals surface area contributed by atoms with E-state index < -0.39 is 0 Å². The van der Waals surface area contributed by atoms with Crippen molar-refractivity contribution in [2.45, 2.75) is 31.7 Å². The van der Waals surface area contributed by atoms with Crippen LogP contribution in [0.3, 0.4) is 0 Å². The topological polar surface area (TPSA) is 72.0 Å². The van der Waals surface area contributed by atoms with Gasteiger partial charge in [0.2, 0.25) is 5.91 Å². The third kappa shape index (κ3) is 6.28. The maximum Gasteiger partial charge on any atom is 0.233 e. The van der Waals surface area contributed by atoms with Crippen molar-refractivity contribution in [2.75, 3.05) is 60.4 Å². The van der Waals surface area contributed by atoms with Crippen LogP contribution in [0.1, 0.15) is 25.7 Å². The van der Waals surface area contributed by atoms with Crippen LogP contribution in [0.2, 0.25) is 0 Å². The summed E-state index contributed by atoms with van der Waals surface area (Å²) in [5, 5.41) is 9.72. The average molecular weight is 339 g/mol. The standard InChI is InChI=1S/C17H34N6O/c1-18-16(24)13-23-9-6-15(7-10-23)21-17(19-2)20-11-14-5-4-8-22(3)12-14/h14-15H,4-13H2,1-3H3,(H,18,24)(H2,19,20,21). The molecule has 2 aliphatic heterocycles. The first-order valence-electron chi connectivity index (χ1n) is 9.19. The minimum atomic E-state index is 0.0938. The largest absolute Gasteiger partial charge is 0.358 e. The molecule has 0 radical (unpaired) electrons. The van der Waals surface area contributed by atoms with Crippen molar-refractivity contribution in [3.63, 3.8) is 0 Å². The van der Waals surface area contributed by atoms with Gasteiger partial charge >= 0.3 is 0 Å². The summed E-state index contributed by atoms with van der Waals surface area (Å²) < 4.78 is 0. The minimum absolute atomic E-state index is 0.0938. The Morgan fingerprint density at radius 3 is 2.58 bits per heavy atom. The number of nitrogens with one attached hydrogen (secondary N) is 3. The Bertz CT molecular complexity index is 419. The summed E-state index contributed by atoms with van der Waals surface area (Å²) in [7, 11) is 5.73. The first kappa shape index (κ1) is 19.0. The fourth-order valence-corrected chi connectivity index (χ4v) is 3.59. The summed E-state index contributed by atoms with van der Waals surface area (Å²) in [5.74, 6) is 1.71. The summed E-state index contributed by atoms with van der Waals surface area (Å²) in [4.78, 5) is 20.4. The van der Waals surface area contributed by atoms with E-state index in [0.29, 0.717) is 18.5 Å². The van der Waals surface area contributed by atoms with Crippen LogP contribution >= 0.6 is 0 Å². The molecule has 0 aromatic rings. The van der Waals surface area contributed by atoms with Crippen molar-refractivity contribution in [3.8, 4) is 0 Å². The Labute approximate surface area is 146 Å². The molecule has 0 saturated carbocycles. The van der Waals surface area contributed by atoms with Gasteiger partial charge in [0.15, 0.2) is 5.96 Å². The third-order valence-electron chi connectivity index (χ3n) is 5.08. The number of likely N-dealkylation sites (tertiary alicyclic amines) is 2. The maximum atomic E-state index is 11.4. The Balaban J connectivity index is 1.67. The highest BCUT2D eigenvalue weighted by Gasteiger charge is 2.22. The number of carbonyl (C=O) groups is 1. The van der Waals surface area contributed by atoms with Gasteiger partial charge in [-0.2, -0.15) is 0 Å². The lowest BCUT2D eigenvalue weighted by Crippen LogP contribution is -2.51. The zero-order chi connectivity index (χ0) is 17.4.